The molecule has 0 amide bonds. The van der Waals surface area contributed by atoms with E-state index in [4.69, 9.17) is 14.5 Å². The maximum absolute atomic E-state index is 12.1. The Morgan fingerprint density at radius 2 is 2.25 bits per heavy atom. The van der Waals surface area contributed by atoms with Crippen LogP contribution in [0.4, 0.5) is 0 Å². The number of fused-ring (bicyclic) bond motifs is 1. The quantitative estimate of drug-likeness (QED) is 0.281. The summed E-state index contributed by atoms with van der Waals surface area (Å²) in [5.74, 6) is 1.78. The normalized spacial score (nSPS) is 18.7. The minimum Gasteiger partial charge on any atom is -0.493 e. The molecule has 0 unspecified atom stereocenters. The first kappa shape index (κ1) is 22.8. The molecule has 0 saturated carbocycles. The van der Waals surface area contributed by atoms with Crippen LogP contribution in [0.25, 0.3) is 0 Å². The third-order valence-corrected chi connectivity index (χ3v) is 5.09. The molecule has 156 valence electrons. The fraction of sp³-hybridized carbons (Fsp3) is 0.619. The third kappa shape index (κ3) is 5.99. The number of guanidine groups is 1. The van der Waals surface area contributed by atoms with Gasteiger partial charge in [0.15, 0.2) is 5.96 Å². The highest BCUT2D eigenvalue weighted by molar-refractivity contribution is 14.0. The summed E-state index contributed by atoms with van der Waals surface area (Å²) in [6.45, 7) is 8.31. The number of aliphatic imine (C=N–C) groups is 1. The van der Waals surface area contributed by atoms with Gasteiger partial charge in [0.1, 0.15) is 5.75 Å². The minimum absolute atomic E-state index is 0. The maximum atomic E-state index is 12.1. The van der Waals surface area contributed by atoms with E-state index < -0.39 is 0 Å². The van der Waals surface area contributed by atoms with E-state index >= 15 is 0 Å². The molecule has 1 aromatic carbocycles. The molecule has 0 spiro atoms. The molecule has 0 aliphatic carbocycles. The van der Waals surface area contributed by atoms with E-state index in [1.54, 1.807) is 0 Å². The van der Waals surface area contributed by atoms with Crippen molar-refractivity contribution in [1.29, 1.82) is 0 Å². The second-order valence-corrected chi connectivity index (χ2v) is 7.06. The molecule has 1 aromatic rings. The molecule has 1 saturated heterocycles. The number of nitrogens with zero attached hydrogens (tertiary/aromatic N) is 2. The van der Waals surface area contributed by atoms with Gasteiger partial charge in [0.05, 0.1) is 19.1 Å². The van der Waals surface area contributed by atoms with Crippen LogP contribution >= 0.6 is 24.0 Å². The van der Waals surface area contributed by atoms with Crippen molar-refractivity contribution in [2.75, 3.05) is 39.4 Å². The number of benzene rings is 1. The predicted octanol–water partition coefficient (Wildman–Crippen LogP) is 3.02. The second-order valence-electron chi connectivity index (χ2n) is 7.06. The Morgan fingerprint density at radius 1 is 1.39 bits per heavy atom. The zero-order valence-electron chi connectivity index (χ0n) is 16.9. The summed E-state index contributed by atoms with van der Waals surface area (Å²) >= 11 is 0. The van der Waals surface area contributed by atoms with Gasteiger partial charge in [0, 0.05) is 32.6 Å². The van der Waals surface area contributed by atoms with Gasteiger partial charge in [-0.1, -0.05) is 12.1 Å². The molecule has 1 atom stereocenters. The van der Waals surface area contributed by atoms with Crippen molar-refractivity contribution in [2.45, 2.75) is 39.5 Å². The van der Waals surface area contributed by atoms with Gasteiger partial charge in [-0.15, -0.1) is 24.0 Å². The summed E-state index contributed by atoms with van der Waals surface area (Å²) < 4.78 is 10.8. The number of carbonyl (C=O) groups is 1. The van der Waals surface area contributed by atoms with Gasteiger partial charge in [-0.3, -0.25) is 9.79 Å². The molecule has 2 heterocycles. The largest absolute Gasteiger partial charge is 0.493 e. The number of nitrogens with one attached hydrogen (secondary N) is 1. The van der Waals surface area contributed by atoms with Gasteiger partial charge < -0.3 is 19.7 Å². The Bertz CT molecular complexity index is 681. The molecule has 3 rings (SSSR count). The van der Waals surface area contributed by atoms with Crippen molar-refractivity contribution in [3.05, 3.63) is 29.3 Å². The monoisotopic (exact) mass is 501 g/mol. The van der Waals surface area contributed by atoms with Crippen LogP contribution in [0.15, 0.2) is 23.2 Å². The number of esters is 1. The van der Waals surface area contributed by atoms with Gasteiger partial charge >= 0.3 is 5.97 Å². The Kier molecular flexibility index (Phi) is 9.34. The van der Waals surface area contributed by atoms with Gasteiger partial charge in [-0.2, -0.15) is 0 Å². The molecule has 28 heavy (non-hydrogen) atoms. The molecule has 0 aromatic heterocycles. The third-order valence-electron chi connectivity index (χ3n) is 5.09. The fourth-order valence-corrected chi connectivity index (χ4v) is 3.73. The van der Waals surface area contributed by atoms with Gasteiger partial charge in [0.25, 0.3) is 0 Å². The van der Waals surface area contributed by atoms with E-state index in [-0.39, 0.29) is 35.9 Å². The van der Waals surface area contributed by atoms with E-state index in [9.17, 15) is 4.79 Å². The van der Waals surface area contributed by atoms with E-state index in [0.717, 1.165) is 63.6 Å². The molecule has 0 radical (unpaired) electrons. The van der Waals surface area contributed by atoms with Crippen molar-refractivity contribution < 1.29 is 14.3 Å². The van der Waals surface area contributed by atoms with Crippen molar-refractivity contribution in [3.8, 4) is 5.75 Å². The van der Waals surface area contributed by atoms with E-state index in [1.807, 2.05) is 6.92 Å². The van der Waals surface area contributed by atoms with Crippen LogP contribution in [-0.2, 0) is 22.4 Å². The Labute approximate surface area is 185 Å². The summed E-state index contributed by atoms with van der Waals surface area (Å²) in [7, 11) is 0. The van der Waals surface area contributed by atoms with Crippen LogP contribution in [0.1, 0.15) is 37.8 Å². The highest BCUT2D eigenvalue weighted by Gasteiger charge is 2.28. The van der Waals surface area contributed by atoms with Crippen molar-refractivity contribution in [2.24, 2.45) is 10.9 Å². The number of rotatable bonds is 6. The summed E-state index contributed by atoms with van der Waals surface area (Å²) in [5.41, 5.74) is 2.60. The molecule has 1 N–H and O–H groups in total. The molecule has 1 fully saturated rings. The molecule has 0 bridgehead atoms. The van der Waals surface area contributed by atoms with Crippen LogP contribution < -0.4 is 10.1 Å². The van der Waals surface area contributed by atoms with Gasteiger partial charge in [-0.05, 0) is 50.3 Å². The lowest BCUT2D eigenvalue weighted by Crippen LogP contribution is -2.48. The fourth-order valence-electron chi connectivity index (χ4n) is 3.73. The second kappa shape index (κ2) is 11.5. The highest BCUT2D eigenvalue weighted by atomic mass is 127. The van der Waals surface area contributed by atoms with Gasteiger partial charge in [-0.25, -0.2) is 0 Å². The van der Waals surface area contributed by atoms with E-state index in [2.05, 4.69) is 35.3 Å². The SMILES string of the molecule is CCNC(=NCCc1ccc2c(c1)CCO2)N1CCC[C@H](C(=O)OCC)C1.I. The van der Waals surface area contributed by atoms with E-state index in [1.165, 1.54) is 11.1 Å². The summed E-state index contributed by atoms with van der Waals surface area (Å²) in [5, 5.41) is 3.38. The standard InChI is InChI=1S/C21H31N3O3.HI/c1-3-22-21(24-12-5-6-18(15-24)20(25)26-4-2)23-11-9-16-7-8-19-17(14-16)10-13-27-19;/h7-8,14,18H,3-6,9-13,15H2,1-2H3,(H,22,23);1H/t18-;/m0./s1. The topological polar surface area (TPSA) is 63.2 Å². The van der Waals surface area contributed by atoms with Crippen molar-refractivity contribution in [3.63, 3.8) is 0 Å². The Morgan fingerprint density at radius 3 is 3.04 bits per heavy atom. The minimum atomic E-state index is -0.0848. The highest BCUT2D eigenvalue weighted by Crippen LogP contribution is 2.26. The first-order valence-corrected chi connectivity index (χ1v) is 10.2. The van der Waals surface area contributed by atoms with Crippen molar-refractivity contribution in [1.82, 2.24) is 10.2 Å². The van der Waals surface area contributed by atoms with Gasteiger partial charge in [0.2, 0.25) is 0 Å². The molecule has 2 aliphatic rings. The molecular weight excluding hydrogens is 469 g/mol. The van der Waals surface area contributed by atoms with Crippen LogP contribution in [0.2, 0.25) is 0 Å². The molecule has 6 nitrogen and oxygen atoms in total. The number of hydrogen-bond donors (Lipinski definition) is 1. The first-order valence-electron chi connectivity index (χ1n) is 10.2. The van der Waals surface area contributed by atoms with Crippen LogP contribution in [0.3, 0.4) is 0 Å². The smallest absolute Gasteiger partial charge is 0.310 e. The van der Waals surface area contributed by atoms with Crippen molar-refractivity contribution >= 4 is 35.9 Å². The summed E-state index contributed by atoms with van der Waals surface area (Å²) in [6.07, 6.45) is 3.78. The molecule has 7 heteroatoms. The molecule has 2 aliphatic heterocycles. The number of ether oxygens (including phenoxy) is 2. The maximum Gasteiger partial charge on any atom is 0.310 e. The zero-order valence-corrected chi connectivity index (χ0v) is 19.2. The average Bonchev–Trinajstić information content (AvgIpc) is 3.15. The molecular formula is C21H32IN3O3. The van der Waals surface area contributed by atoms with Crippen LogP contribution in [-0.4, -0.2) is 56.2 Å². The van der Waals surface area contributed by atoms with Crippen LogP contribution in [0.5, 0.6) is 5.75 Å². The number of hydrogen-bond acceptors (Lipinski definition) is 4. The first-order chi connectivity index (χ1) is 13.2. The Balaban J connectivity index is 0.00000280. The lowest BCUT2D eigenvalue weighted by Gasteiger charge is -2.34. The van der Waals surface area contributed by atoms with E-state index in [0.29, 0.717) is 13.2 Å². The van der Waals surface area contributed by atoms with Crippen LogP contribution in [0, 0.1) is 5.92 Å². The Hall–Kier alpha value is -1.51. The lowest BCUT2D eigenvalue weighted by molar-refractivity contribution is -0.149. The zero-order chi connectivity index (χ0) is 19.1. The number of carbonyl (C=O) groups excluding carboxylic acids is 1. The number of halogens is 1. The lowest BCUT2D eigenvalue weighted by atomic mass is 9.98. The number of piperidine rings is 1. The summed E-state index contributed by atoms with van der Waals surface area (Å²) in [6, 6.07) is 6.44. The summed E-state index contributed by atoms with van der Waals surface area (Å²) in [4.78, 5) is 19.1. The number of likely N-dealkylation sites (tertiary alicyclic amines) is 1. The predicted molar refractivity (Wildman–Crippen MR) is 122 cm³/mol. The average molecular weight is 501 g/mol.